The van der Waals surface area contributed by atoms with Crippen LogP contribution in [0.15, 0.2) is 12.1 Å². The van der Waals surface area contributed by atoms with Crippen LogP contribution in [0.2, 0.25) is 0 Å². The average molecular weight is 249 g/mol. The van der Waals surface area contributed by atoms with Crippen molar-refractivity contribution in [3.8, 4) is 11.6 Å². The summed E-state index contributed by atoms with van der Waals surface area (Å²) < 4.78 is 11.0. The second-order valence-corrected chi connectivity index (χ2v) is 2.95. The number of pyridine rings is 1. The van der Waals surface area contributed by atoms with Crippen LogP contribution in [0.3, 0.4) is 0 Å². The monoisotopic (exact) mass is 249 g/mol. The van der Waals surface area contributed by atoms with Crippen LogP contribution >= 0.6 is 22.6 Å². The van der Waals surface area contributed by atoms with Crippen LogP contribution in [0.25, 0.3) is 0 Å². The summed E-state index contributed by atoms with van der Waals surface area (Å²) in [7, 11) is 0. The van der Waals surface area contributed by atoms with Gasteiger partial charge in [0.05, 0.1) is 0 Å². The summed E-state index contributed by atoms with van der Waals surface area (Å²) in [6.45, 7) is 0.294. The number of aromatic nitrogens is 1. The van der Waals surface area contributed by atoms with E-state index in [0.29, 0.717) is 12.7 Å². The highest BCUT2D eigenvalue weighted by atomic mass is 127. The van der Waals surface area contributed by atoms with Crippen LogP contribution in [0.5, 0.6) is 11.6 Å². The predicted octanol–water partition coefficient (Wildman–Crippen LogP) is 1.41. The molecule has 0 spiro atoms. The number of fused-ring (bicyclic) bond motifs is 1. The molecule has 1 aromatic heterocycles. The topological polar surface area (TPSA) is 31.4 Å². The van der Waals surface area contributed by atoms with Gasteiger partial charge in [-0.15, -0.1) is 0 Å². The van der Waals surface area contributed by atoms with Crippen LogP contribution in [0.1, 0.15) is 0 Å². The van der Waals surface area contributed by atoms with Crippen molar-refractivity contribution in [2.75, 3.05) is 6.79 Å². The Hall–Kier alpha value is -0.520. The molecular weight excluding hydrogens is 245 g/mol. The smallest absolute Gasteiger partial charge is 0.261 e. The summed E-state index contributed by atoms with van der Waals surface area (Å²) in [5.74, 6) is 1.34. The predicted molar refractivity (Wildman–Crippen MR) is 43.1 cm³/mol. The van der Waals surface area contributed by atoms with Crippen molar-refractivity contribution in [2.24, 2.45) is 0 Å². The summed E-state index contributed by atoms with van der Waals surface area (Å²) in [6.07, 6.45) is 0. The van der Waals surface area contributed by atoms with Gasteiger partial charge in [0.15, 0.2) is 5.75 Å². The zero-order valence-electron chi connectivity index (χ0n) is 5.00. The molecule has 3 nitrogen and oxygen atoms in total. The molecule has 0 radical (unpaired) electrons. The quantitative estimate of drug-likeness (QED) is 0.514. The standard InChI is InChI=1S/C6H4INO2/c7-5-2-1-4-6(8-5)10-3-9-4/h1-2H,3H2. The zero-order valence-corrected chi connectivity index (χ0v) is 7.16. The third-order valence-corrected chi connectivity index (χ3v) is 1.80. The van der Waals surface area contributed by atoms with Crippen molar-refractivity contribution in [3.05, 3.63) is 15.8 Å². The summed E-state index contributed by atoms with van der Waals surface area (Å²) in [5.41, 5.74) is 0. The van der Waals surface area contributed by atoms with Gasteiger partial charge in [-0.25, -0.2) is 4.98 Å². The molecule has 10 heavy (non-hydrogen) atoms. The molecule has 1 aromatic rings. The maximum Gasteiger partial charge on any atom is 0.261 e. The summed E-state index contributed by atoms with van der Waals surface area (Å²) in [5, 5.41) is 0. The first kappa shape index (κ1) is 6.21. The Bertz CT molecular complexity index is 264. The number of ether oxygens (including phenoxy) is 2. The van der Waals surface area contributed by atoms with Crippen LogP contribution < -0.4 is 9.47 Å². The molecule has 0 aliphatic carbocycles. The number of rotatable bonds is 0. The Morgan fingerprint density at radius 3 is 3.20 bits per heavy atom. The van der Waals surface area contributed by atoms with Crippen molar-refractivity contribution < 1.29 is 9.47 Å². The lowest BCUT2D eigenvalue weighted by Gasteiger charge is -1.92. The average Bonchev–Trinajstić information content (AvgIpc) is 2.33. The number of nitrogens with zero attached hydrogens (tertiary/aromatic N) is 1. The van der Waals surface area contributed by atoms with Crippen molar-refractivity contribution in [1.82, 2.24) is 4.98 Å². The molecular formula is C6H4INO2. The first-order valence-electron chi connectivity index (χ1n) is 2.78. The summed E-state index contributed by atoms with van der Waals surface area (Å²) >= 11 is 2.13. The fourth-order valence-electron chi connectivity index (χ4n) is 0.767. The van der Waals surface area contributed by atoms with E-state index >= 15 is 0 Å². The molecule has 0 fully saturated rings. The van der Waals surface area contributed by atoms with E-state index in [1.54, 1.807) is 0 Å². The fraction of sp³-hybridized carbons (Fsp3) is 0.167. The van der Waals surface area contributed by atoms with E-state index in [9.17, 15) is 0 Å². The van der Waals surface area contributed by atoms with E-state index < -0.39 is 0 Å². The minimum atomic E-state index is 0.294. The van der Waals surface area contributed by atoms with Gasteiger partial charge in [0.2, 0.25) is 6.79 Å². The minimum absolute atomic E-state index is 0.294. The molecule has 2 rings (SSSR count). The number of hydrogen-bond donors (Lipinski definition) is 0. The van der Waals surface area contributed by atoms with E-state index in [4.69, 9.17) is 9.47 Å². The number of hydrogen-bond acceptors (Lipinski definition) is 3. The van der Waals surface area contributed by atoms with Crippen molar-refractivity contribution >= 4 is 22.6 Å². The normalized spacial score (nSPS) is 13.7. The zero-order chi connectivity index (χ0) is 6.97. The Labute approximate surface area is 71.5 Å². The molecule has 2 heterocycles. The number of halogens is 1. The molecule has 0 N–H and O–H groups in total. The second kappa shape index (κ2) is 2.26. The first-order chi connectivity index (χ1) is 4.86. The highest BCUT2D eigenvalue weighted by Crippen LogP contribution is 2.29. The molecule has 0 amide bonds. The molecule has 0 unspecified atom stereocenters. The third kappa shape index (κ3) is 0.920. The van der Waals surface area contributed by atoms with Crippen molar-refractivity contribution in [3.63, 3.8) is 0 Å². The van der Waals surface area contributed by atoms with Crippen molar-refractivity contribution in [2.45, 2.75) is 0 Å². The van der Waals surface area contributed by atoms with Gasteiger partial charge in [0.25, 0.3) is 5.88 Å². The Balaban J connectivity index is 2.52. The van der Waals surface area contributed by atoms with Gasteiger partial charge in [-0.1, -0.05) is 0 Å². The van der Waals surface area contributed by atoms with Crippen LogP contribution in [-0.2, 0) is 0 Å². The molecule has 0 bridgehead atoms. The third-order valence-electron chi connectivity index (χ3n) is 1.20. The second-order valence-electron chi connectivity index (χ2n) is 1.84. The Morgan fingerprint density at radius 1 is 1.40 bits per heavy atom. The lowest BCUT2D eigenvalue weighted by molar-refractivity contribution is 0.171. The summed E-state index contributed by atoms with van der Waals surface area (Å²) in [6, 6.07) is 3.74. The SMILES string of the molecule is Ic1ccc2c(n1)OCO2. The maximum absolute atomic E-state index is 5.07. The van der Waals surface area contributed by atoms with E-state index in [1.807, 2.05) is 12.1 Å². The fourth-order valence-corrected chi connectivity index (χ4v) is 1.17. The van der Waals surface area contributed by atoms with Gasteiger partial charge in [-0.3, -0.25) is 0 Å². The van der Waals surface area contributed by atoms with Gasteiger partial charge in [0, 0.05) is 0 Å². The summed E-state index contributed by atoms with van der Waals surface area (Å²) in [4.78, 5) is 4.09. The maximum atomic E-state index is 5.07. The van der Waals surface area contributed by atoms with Crippen molar-refractivity contribution in [1.29, 1.82) is 0 Å². The van der Waals surface area contributed by atoms with Crippen LogP contribution in [-0.4, -0.2) is 11.8 Å². The molecule has 0 saturated heterocycles. The molecule has 0 saturated carbocycles. The van der Waals surface area contributed by atoms with Crippen LogP contribution in [0, 0.1) is 3.70 Å². The first-order valence-corrected chi connectivity index (χ1v) is 3.86. The van der Waals surface area contributed by atoms with Gasteiger partial charge >= 0.3 is 0 Å². The minimum Gasteiger partial charge on any atom is -0.452 e. The van der Waals surface area contributed by atoms with E-state index in [1.165, 1.54) is 0 Å². The van der Waals surface area contributed by atoms with Gasteiger partial charge in [-0.2, -0.15) is 0 Å². The van der Waals surface area contributed by atoms with Gasteiger partial charge < -0.3 is 9.47 Å². The molecule has 1 aliphatic rings. The van der Waals surface area contributed by atoms with E-state index in [-0.39, 0.29) is 0 Å². The lowest BCUT2D eigenvalue weighted by Crippen LogP contribution is -1.93. The van der Waals surface area contributed by atoms with Gasteiger partial charge in [0.1, 0.15) is 3.70 Å². The van der Waals surface area contributed by atoms with E-state index in [0.717, 1.165) is 9.45 Å². The molecule has 1 aliphatic heterocycles. The van der Waals surface area contributed by atoms with Crippen LogP contribution in [0.4, 0.5) is 0 Å². The lowest BCUT2D eigenvalue weighted by atomic mass is 10.4. The largest absolute Gasteiger partial charge is 0.452 e. The molecule has 4 heteroatoms. The Morgan fingerprint density at radius 2 is 2.30 bits per heavy atom. The molecule has 52 valence electrons. The molecule has 0 atom stereocenters. The van der Waals surface area contributed by atoms with Gasteiger partial charge in [-0.05, 0) is 34.7 Å². The molecule has 0 aromatic carbocycles. The highest BCUT2D eigenvalue weighted by Gasteiger charge is 2.13. The van der Waals surface area contributed by atoms with E-state index in [2.05, 4.69) is 27.6 Å². The highest BCUT2D eigenvalue weighted by molar-refractivity contribution is 14.1. The Kier molecular flexibility index (Phi) is 1.40.